The van der Waals surface area contributed by atoms with Gasteiger partial charge in [0.1, 0.15) is 0 Å². The minimum absolute atomic E-state index is 0.361. The van der Waals surface area contributed by atoms with Gasteiger partial charge >= 0.3 is 0 Å². The second-order valence-electron chi connectivity index (χ2n) is 3.42. The molecule has 0 saturated heterocycles. The third-order valence-corrected chi connectivity index (χ3v) is 4.55. The van der Waals surface area contributed by atoms with Gasteiger partial charge in [-0.1, -0.05) is 0 Å². The highest BCUT2D eigenvalue weighted by Gasteiger charge is 2.32. The number of hydrogen-bond donors (Lipinski definition) is 0. The molecule has 2 nitrogen and oxygen atoms in total. The van der Waals surface area contributed by atoms with E-state index in [1.54, 1.807) is 17.4 Å². The van der Waals surface area contributed by atoms with Crippen LogP contribution in [-0.4, -0.2) is 11.6 Å². The van der Waals surface area contributed by atoms with E-state index in [2.05, 4.69) is 0 Å². The van der Waals surface area contributed by atoms with E-state index in [9.17, 15) is 9.59 Å². The fourth-order valence-electron chi connectivity index (χ4n) is 1.76. The lowest BCUT2D eigenvalue weighted by Crippen LogP contribution is -2.18. The number of carbonyl (C=O) groups is 2. The number of rotatable bonds is 0. The van der Waals surface area contributed by atoms with Crippen LogP contribution in [0.1, 0.15) is 25.6 Å². The number of fused-ring (bicyclic) bond motifs is 3. The predicted molar refractivity (Wildman–Crippen MR) is 61.0 cm³/mol. The predicted octanol–water partition coefficient (Wildman–Crippen LogP) is 3.16. The van der Waals surface area contributed by atoms with Gasteiger partial charge in [0.25, 0.3) is 0 Å². The fraction of sp³-hybridized carbons (Fsp3) is 0.0909. The molecule has 0 saturated carbocycles. The molecule has 0 aromatic carbocycles. The van der Waals surface area contributed by atoms with Crippen molar-refractivity contribution >= 4 is 34.2 Å². The lowest BCUT2D eigenvalue weighted by Gasteiger charge is -2.08. The summed E-state index contributed by atoms with van der Waals surface area (Å²) in [4.78, 5) is 26.4. The first-order valence-electron chi connectivity index (χ1n) is 4.46. The Kier molecular flexibility index (Phi) is 1.72. The largest absolute Gasteiger partial charge is 0.285 e. The van der Waals surface area contributed by atoms with Gasteiger partial charge in [-0.2, -0.15) is 0 Å². The van der Waals surface area contributed by atoms with Crippen molar-refractivity contribution in [1.29, 1.82) is 0 Å². The number of aryl methyl sites for hydroxylation is 1. The zero-order valence-corrected chi connectivity index (χ0v) is 9.50. The summed E-state index contributed by atoms with van der Waals surface area (Å²) in [5, 5.41) is 1.86. The van der Waals surface area contributed by atoms with Crippen LogP contribution in [0.15, 0.2) is 17.5 Å². The SMILES string of the molecule is Cc1cc2c(s1)-c1sccc1C(=O)C2=O. The summed E-state index contributed by atoms with van der Waals surface area (Å²) in [5.74, 6) is -0.725. The van der Waals surface area contributed by atoms with Gasteiger partial charge in [-0.25, -0.2) is 0 Å². The molecule has 2 heterocycles. The molecule has 0 aliphatic heterocycles. The van der Waals surface area contributed by atoms with E-state index in [1.807, 2.05) is 18.4 Å². The van der Waals surface area contributed by atoms with Gasteiger partial charge in [-0.15, -0.1) is 22.7 Å². The number of carbonyl (C=O) groups excluding carboxylic acids is 2. The number of hydrogen-bond acceptors (Lipinski definition) is 4. The van der Waals surface area contributed by atoms with E-state index in [4.69, 9.17) is 0 Å². The molecule has 1 aliphatic carbocycles. The van der Waals surface area contributed by atoms with Crippen molar-refractivity contribution in [3.05, 3.63) is 33.5 Å². The molecule has 2 aromatic rings. The normalized spacial score (nSPS) is 13.9. The monoisotopic (exact) mass is 234 g/mol. The van der Waals surface area contributed by atoms with Crippen molar-refractivity contribution in [2.75, 3.05) is 0 Å². The summed E-state index contributed by atoms with van der Waals surface area (Å²) in [6.45, 7) is 1.95. The molecule has 2 aromatic heterocycles. The highest BCUT2D eigenvalue weighted by molar-refractivity contribution is 7.22. The maximum Gasteiger partial charge on any atom is 0.235 e. The fourth-order valence-corrected chi connectivity index (χ4v) is 3.84. The molecule has 0 spiro atoms. The van der Waals surface area contributed by atoms with Crippen LogP contribution in [0.2, 0.25) is 0 Å². The molecule has 0 unspecified atom stereocenters. The van der Waals surface area contributed by atoms with E-state index < -0.39 is 0 Å². The third-order valence-electron chi connectivity index (χ3n) is 2.42. The molecule has 74 valence electrons. The van der Waals surface area contributed by atoms with Crippen LogP contribution in [0, 0.1) is 6.92 Å². The summed E-state index contributed by atoms with van der Waals surface area (Å²) >= 11 is 3.11. The van der Waals surface area contributed by atoms with Crippen LogP contribution in [0.5, 0.6) is 0 Å². The Morgan fingerprint density at radius 1 is 1.07 bits per heavy atom. The molecule has 0 amide bonds. The molecule has 1 aliphatic rings. The smallest absolute Gasteiger partial charge is 0.235 e. The maximum atomic E-state index is 11.8. The van der Waals surface area contributed by atoms with Crippen molar-refractivity contribution in [1.82, 2.24) is 0 Å². The second kappa shape index (κ2) is 2.87. The molecule has 3 rings (SSSR count). The molecule has 4 heteroatoms. The van der Waals surface area contributed by atoms with Crippen molar-refractivity contribution in [2.45, 2.75) is 6.92 Å². The van der Waals surface area contributed by atoms with Crippen LogP contribution in [-0.2, 0) is 0 Å². The average Bonchev–Trinajstić information content (AvgIpc) is 2.79. The minimum atomic E-state index is -0.364. The van der Waals surface area contributed by atoms with E-state index >= 15 is 0 Å². The van der Waals surface area contributed by atoms with Gasteiger partial charge in [0.05, 0.1) is 9.75 Å². The standard InChI is InChI=1S/C11H6O2S2/c1-5-4-7-9(13)8(12)6-2-3-14-10(6)11(7)15-5/h2-4H,1H3. The Hall–Kier alpha value is -1.26. The first kappa shape index (κ1) is 9.00. The zero-order chi connectivity index (χ0) is 10.6. The Morgan fingerprint density at radius 2 is 1.80 bits per heavy atom. The van der Waals surface area contributed by atoms with Crippen LogP contribution >= 0.6 is 22.7 Å². The van der Waals surface area contributed by atoms with Gasteiger partial charge in [0.2, 0.25) is 11.6 Å². The van der Waals surface area contributed by atoms with Gasteiger partial charge in [0, 0.05) is 16.0 Å². The summed E-state index contributed by atoms with van der Waals surface area (Å²) < 4.78 is 0. The van der Waals surface area contributed by atoms with E-state index in [-0.39, 0.29) is 11.6 Å². The topological polar surface area (TPSA) is 34.1 Å². The van der Waals surface area contributed by atoms with E-state index in [1.165, 1.54) is 11.3 Å². The highest BCUT2D eigenvalue weighted by atomic mass is 32.1. The maximum absolute atomic E-state index is 11.8. The lowest BCUT2D eigenvalue weighted by atomic mass is 9.95. The highest BCUT2D eigenvalue weighted by Crippen LogP contribution is 2.42. The summed E-state index contributed by atoms with van der Waals surface area (Å²) in [6.07, 6.45) is 0. The van der Waals surface area contributed by atoms with E-state index in [0.717, 1.165) is 14.6 Å². The number of ketones is 2. The van der Waals surface area contributed by atoms with Crippen molar-refractivity contribution in [3.8, 4) is 9.75 Å². The van der Waals surface area contributed by atoms with Gasteiger partial charge in [-0.05, 0) is 24.4 Å². The van der Waals surface area contributed by atoms with Crippen LogP contribution < -0.4 is 0 Å². The molecule has 0 fully saturated rings. The molecular weight excluding hydrogens is 228 g/mol. The van der Waals surface area contributed by atoms with Gasteiger partial charge in [-0.3, -0.25) is 9.59 Å². The number of thiophene rings is 2. The Morgan fingerprint density at radius 3 is 2.60 bits per heavy atom. The minimum Gasteiger partial charge on any atom is -0.285 e. The summed E-state index contributed by atoms with van der Waals surface area (Å²) in [6, 6.07) is 3.54. The second-order valence-corrected chi connectivity index (χ2v) is 5.59. The van der Waals surface area contributed by atoms with Crippen LogP contribution in [0.25, 0.3) is 9.75 Å². The van der Waals surface area contributed by atoms with Crippen LogP contribution in [0.3, 0.4) is 0 Å². The molecule has 0 radical (unpaired) electrons. The van der Waals surface area contributed by atoms with Gasteiger partial charge in [0.15, 0.2) is 0 Å². The average molecular weight is 234 g/mol. The van der Waals surface area contributed by atoms with Crippen LogP contribution in [0.4, 0.5) is 0 Å². The Bertz CT molecular complexity index is 590. The Balaban J connectivity index is 2.41. The molecular formula is C11H6O2S2. The number of Topliss-reactive ketones (excluding diaryl/α,β-unsaturated/α-hetero) is 2. The summed E-state index contributed by atoms with van der Waals surface area (Å²) in [5.41, 5.74) is 1.15. The quantitative estimate of drug-likeness (QED) is 0.656. The van der Waals surface area contributed by atoms with Crippen molar-refractivity contribution in [3.63, 3.8) is 0 Å². The molecule has 0 atom stereocenters. The lowest BCUT2D eigenvalue weighted by molar-refractivity contribution is 0.0816. The zero-order valence-electron chi connectivity index (χ0n) is 7.87. The third kappa shape index (κ3) is 1.09. The summed E-state index contributed by atoms with van der Waals surface area (Å²) in [7, 11) is 0. The van der Waals surface area contributed by atoms with Crippen molar-refractivity contribution in [2.24, 2.45) is 0 Å². The molecule has 0 N–H and O–H groups in total. The first-order valence-corrected chi connectivity index (χ1v) is 6.15. The van der Waals surface area contributed by atoms with E-state index in [0.29, 0.717) is 11.1 Å². The van der Waals surface area contributed by atoms with Crippen molar-refractivity contribution < 1.29 is 9.59 Å². The molecule has 0 bridgehead atoms. The molecule has 15 heavy (non-hydrogen) atoms. The first-order chi connectivity index (χ1) is 7.18. The van der Waals surface area contributed by atoms with Gasteiger partial charge < -0.3 is 0 Å². The Labute approximate surface area is 94.2 Å².